The fourth-order valence-corrected chi connectivity index (χ4v) is 2.97. The molecule has 0 bridgehead atoms. The molecule has 2 aromatic rings. The number of anilines is 1. The van der Waals surface area contributed by atoms with Crippen molar-refractivity contribution >= 4 is 17.5 Å². The number of hydrogen-bond donors (Lipinski definition) is 1. The van der Waals surface area contributed by atoms with Crippen molar-refractivity contribution in [3.8, 4) is 0 Å². The molecule has 1 aliphatic rings. The van der Waals surface area contributed by atoms with Crippen LogP contribution in [-0.4, -0.2) is 15.0 Å². The van der Waals surface area contributed by atoms with Gasteiger partial charge in [-0.05, 0) is 30.5 Å². The largest absolute Gasteiger partial charge is 0.368 e. The minimum atomic E-state index is -0.356. The smallest absolute Gasteiger partial charge is 0.223 e. The van der Waals surface area contributed by atoms with Gasteiger partial charge >= 0.3 is 0 Å². The van der Waals surface area contributed by atoms with Gasteiger partial charge in [0.2, 0.25) is 5.95 Å². The first kappa shape index (κ1) is 14.2. The lowest BCUT2D eigenvalue weighted by Gasteiger charge is -2.10. The van der Waals surface area contributed by atoms with Crippen LogP contribution in [0.15, 0.2) is 18.2 Å². The van der Waals surface area contributed by atoms with Gasteiger partial charge in [-0.3, -0.25) is 0 Å². The molecule has 1 aromatic heterocycles. The molecule has 6 heteroatoms. The maximum absolute atomic E-state index is 13.1. The van der Waals surface area contributed by atoms with Gasteiger partial charge in [-0.1, -0.05) is 30.5 Å². The van der Waals surface area contributed by atoms with Crippen LogP contribution in [0.3, 0.4) is 0 Å². The summed E-state index contributed by atoms with van der Waals surface area (Å²) in [4.78, 5) is 12.9. The van der Waals surface area contributed by atoms with Crippen molar-refractivity contribution in [1.29, 1.82) is 0 Å². The molecule has 0 atom stereocenters. The summed E-state index contributed by atoms with van der Waals surface area (Å²) in [5, 5.41) is 0.372. The number of hydrogen-bond acceptors (Lipinski definition) is 4. The molecule has 1 aliphatic carbocycles. The van der Waals surface area contributed by atoms with E-state index in [1.807, 2.05) is 0 Å². The second kappa shape index (κ2) is 5.93. The molecule has 1 aromatic carbocycles. The quantitative estimate of drug-likeness (QED) is 0.942. The second-order valence-electron chi connectivity index (χ2n) is 5.36. The van der Waals surface area contributed by atoms with E-state index in [-0.39, 0.29) is 11.8 Å². The zero-order valence-corrected chi connectivity index (χ0v) is 12.3. The van der Waals surface area contributed by atoms with Gasteiger partial charge in [-0.25, -0.2) is 9.37 Å². The minimum Gasteiger partial charge on any atom is -0.368 e. The topological polar surface area (TPSA) is 64.7 Å². The predicted octanol–water partition coefficient (Wildman–Crippen LogP) is 3.49. The van der Waals surface area contributed by atoms with E-state index in [1.165, 1.54) is 25.0 Å². The van der Waals surface area contributed by atoms with E-state index in [1.54, 1.807) is 6.07 Å². The van der Waals surface area contributed by atoms with Crippen LogP contribution in [-0.2, 0) is 6.42 Å². The monoisotopic (exact) mass is 306 g/mol. The molecular formula is C15H16ClFN4. The van der Waals surface area contributed by atoms with Crippen molar-refractivity contribution < 1.29 is 4.39 Å². The highest BCUT2D eigenvalue weighted by molar-refractivity contribution is 6.31. The Kier molecular flexibility index (Phi) is 4.01. The van der Waals surface area contributed by atoms with Gasteiger partial charge in [0.1, 0.15) is 17.5 Å². The fraction of sp³-hybridized carbons (Fsp3) is 0.400. The van der Waals surface area contributed by atoms with Crippen LogP contribution >= 0.6 is 11.6 Å². The van der Waals surface area contributed by atoms with E-state index in [2.05, 4.69) is 15.0 Å². The van der Waals surface area contributed by atoms with E-state index < -0.39 is 0 Å². The number of nitrogens with two attached hydrogens (primary N) is 1. The molecule has 0 aliphatic heterocycles. The van der Waals surface area contributed by atoms with Gasteiger partial charge in [0.15, 0.2) is 0 Å². The molecule has 0 saturated heterocycles. The summed E-state index contributed by atoms with van der Waals surface area (Å²) in [7, 11) is 0. The third-order valence-corrected chi connectivity index (χ3v) is 4.15. The van der Waals surface area contributed by atoms with Crippen molar-refractivity contribution in [3.63, 3.8) is 0 Å². The first-order valence-corrected chi connectivity index (χ1v) is 7.44. The van der Waals surface area contributed by atoms with E-state index in [0.29, 0.717) is 23.2 Å². The first-order chi connectivity index (χ1) is 10.1. The maximum atomic E-state index is 13.1. The lowest BCUT2D eigenvalue weighted by molar-refractivity contribution is 0.627. The highest BCUT2D eigenvalue weighted by Gasteiger charge is 2.21. The molecule has 110 valence electrons. The van der Waals surface area contributed by atoms with Crippen LogP contribution in [0.2, 0.25) is 5.02 Å². The van der Waals surface area contributed by atoms with Crippen LogP contribution in [0.25, 0.3) is 0 Å². The maximum Gasteiger partial charge on any atom is 0.223 e. The standard InChI is InChI=1S/C15H16ClFN4/c16-12-8-11(17)6-5-10(12)7-13-19-14(21-15(18)20-13)9-3-1-2-4-9/h5-6,8-9H,1-4,7H2,(H2,18,19,20,21). The van der Waals surface area contributed by atoms with E-state index in [4.69, 9.17) is 17.3 Å². The Labute approximate surface area is 127 Å². The SMILES string of the molecule is Nc1nc(Cc2ccc(F)cc2Cl)nc(C2CCCC2)n1. The van der Waals surface area contributed by atoms with Crippen molar-refractivity contribution in [2.75, 3.05) is 5.73 Å². The summed E-state index contributed by atoms with van der Waals surface area (Å²) in [5.41, 5.74) is 6.57. The third kappa shape index (κ3) is 3.29. The highest BCUT2D eigenvalue weighted by Crippen LogP contribution is 2.32. The van der Waals surface area contributed by atoms with Gasteiger partial charge < -0.3 is 5.73 Å². The van der Waals surface area contributed by atoms with Crippen LogP contribution in [0, 0.1) is 5.82 Å². The van der Waals surface area contributed by atoms with E-state index in [0.717, 1.165) is 24.2 Å². The number of rotatable bonds is 3. The van der Waals surface area contributed by atoms with E-state index >= 15 is 0 Å². The summed E-state index contributed by atoms with van der Waals surface area (Å²) in [6.07, 6.45) is 5.02. The predicted molar refractivity (Wildman–Crippen MR) is 79.7 cm³/mol. The number of halogens is 2. The molecule has 0 amide bonds. The van der Waals surface area contributed by atoms with Gasteiger partial charge in [0.05, 0.1) is 0 Å². The number of benzene rings is 1. The average Bonchev–Trinajstić information content (AvgIpc) is 2.95. The van der Waals surface area contributed by atoms with Gasteiger partial charge in [-0.2, -0.15) is 9.97 Å². The Morgan fingerprint density at radius 2 is 1.95 bits per heavy atom. The van der Waals surface area contributed by atoms with Gasteiger partial charge in [-0.15, -0.1) is 0 Å². The lowest BCUT2D eigenvalue weighted by atomic mass is 10.1. The first-order valence-electron chi connectivity index (χ1n) is 7.06. The van der Waals surface area contributed by atoms with Crippen LogP contribution in [0.5, 0.6) is 0 Å². The minimum absolute atomic E-state index is 0.236. The van der Waals surface area contributed by atoms with Crippen LogP contribution in [0.4, 0.5) is 10.3 Å². The fourth-order valence-electron chi connectivity index (χ4n) is 2.74. The molecule has 1 saturated carbocycles. The second-order valence-corrected chi connectivity index (χ2v) is 5.77. The summed E-state index contributed by atoms with van der Waals surface area (Å²) in [5.74, 6) is 1.61. The van der Waals surface area contributed by atoms with Crippen molar-refractivity contribution in [2.24, 2.45) is 0 Å². The molecule has 1 fully saturated rings. The normalized spacial score (nSPS) is 15.5. The number of nitrogen functional groups attached to an aromatic ring is 1. The van der Waals surface area contributed by atoms with E-state index in [9.17, 15) is 4.39 Å². The molecule has 1 heterocycles. The Hall–Kier alpha value is -1.75. The number of aromatic nitrogens is 3. The summed E-state index contributed by atoms with van der Waals surface area (Å²) in [6.45, 7) is 0. The third-order valence-electron chi connectivity index (χ3n) is 3.80. The molecule has 0 spiro atoms. The van der Waals surface area contributed by atoms with Crippen LogP contribution < -0.4 is 5.73 Å². The zero-order valence-electron chi connectivity index (χ0n) is 11.5. The average molecular weight is 307 g/mol. The van der Waals surface area contributed by atoms with Crippen molar-refractivity contribution in [1.82, 2.24) is 15.0 Å². The van der Waals surface area contributed by atoms with Crippen molar-refractivity contribution in [2.45, 2.75) is 38.0 Å². The molecule has 2 N–H and O–H groups in total. The van der Waals surface area contributed by atoms with Gasteiger partial charge in [0.25, 0.3) is 0 Å². The summed E-state index contributed by atoms with van der Waals surface area (Å²) < 4.78 is 13.1. The Balaban J connectivity index is 1.87. The van der Waals surface area contributed by atoms with Crippen LogP contribution in [0.1, 0.15) is 48.8 Å². The zero-order chi connectivity index (χ0) is 14.8. The molecule has 0 radical (unpaired) electrons. The highest BCUT2D eigenvalue weighted by atomic mass is 35.5. The van der Waals surface area contributed by atoms with Crippen molar-refractivity contribution in [3.05, 3.63) is 46.3 Å². The summed E-state index contributed by atoms with van der Waals surface area (Å²) in [6, 6.07) is 4.32. The Bertz CT molecular complexity index is 656. The lowest BCUT2D eigenvalue weighted by Crippen LogP contribution is -2.10. The molecule has 21 heavy (non-hydrogen) atoms. The Morgan fingerprint density at radius 1 is 1.19 bits per heavy atom. The molecular weight excluding hydrogens is 291 g/mol. The molecule has 4 nitrogen and oxygen atoms in total. The molecule has 0 unspecified atom stereocenters. The van der Waals surface area contributed by atoms with Gasteiger partial charge in [0, 0.05) is 17.4 Å². The molecule has 3 rings (SSSR count). The summed E-state index contributed by atoms with van der Waals surface area (Å²) >= 11 is 6.04. The Morgan fingerprint density at radius 3 is 2.67 bits per heavy atom. The number of nitrogens with zero attached hydrogens (tertiary/aromatic N) is 3.